The molecule has 1 saturated carbocycles. The zero-order valence-electron chi connectivity index (χ0n) is 26.7. The van der Waals surface area contributed by atoms with Gasteiger partial charge in [0.2, 0.25) is 0 Å². The molecule has 3 heterocycles. The molecule has 9 heteroatoms. The van der Waals surface area contributed by atoms with Crippen LogP contribution >= 0.6 is 21.6 Å². The average Bonchev–Trinajstić information content (AvgIpc) is 3.69. The number of unbranched alkanes of at least 4 members (excludes halogenated alkanes) is 1. The Labute approximate surface area is 259 Å². The molecule has 3 aliphatic heterocycles. The second-order valence-corrected chi connectivity index (χ2v) is 16.3. The van der Waals surface area contributed by atoms with E-state index in [9.17, 15) is 9.59 Å². The number of hydrogen-bond acceptors (Lipinski definition) is 9. The molecule has 0 aromatic heterocycles. The smallest absolute Gasteiger partial charge is 0.156 e. The minimum Gasteiger partial charge on any atom is -0.366 e. The molecule has 240 valence electrons. The van der Waals surface area contributed by atoms with Crippen molar-refractivity contribution in [3.8, 4) is 0 Å². The standard InChI is InChI=1S/C24H42N2O2S2.C5H11N.C3H8O2/c1-3-21-19(18-26-14-11-24(2,12-15-26)25-13-16-27)8-9-22(21)23(28)7-5-4-6-20-10-17-29-30-20;1-6-4-2-3-5-6;1-3(2,4)5/h16,19-22,25H,3-15,17-18H2,1-2H3;2-5H2,1H3;4-5H,1-2H3. The molecule has 7 nitrogen and oxygen atoms in total. The van der Waals surface area contributed by atoms with Crippen LogP contribution in [0.15, 0.2) is 0 Å². The molecule has 3 saturated heterocycles. The van der Waals surface area contributed by atoms with E-state index in [1.54, 1.807) is 0 Å². The van der Waals surface area contributed by atoms with Crippen LogP contribution in [0.3, 0.4) is 0 Å². The second kappa shape index (κ2) is 19.3. The predicted octanol–water partition coefficient (Wildman–Crippen LogP) is 5.38. The van der Waals surface area contributed by atoms with Gasteiger partial charge in [-0.2, -0.15) is 0 Å². The number of Topliss-reactive ketones (excluding diaryl/α,β-unsaturated/α-hetero) is 1. The number of rotatable bonds is 12. The fourth-order valence-corrected chi connectivity index (χ4v) is 9.74. The quantitative estimate of drug-likeness (QED) is 0.116. The van der Waals surface area contributed by atoms with E-state index >= 15 is 0 Å². The van der Waals surface area contributed by atoms with E-state index < -0.39 is 5.79 Å². The third kappa shape index (κ3) is 15.4. The van der Waals surface area contributed by atoms with E-state index in [1.807, 2.05) is 10.8 Å². The number of carbonyl (C=O) groups excluding carboxylic acids is 2. The third-order valence-corrected chi connectivity index (χ3v) is 12.2. The number of aldehydes is 1. The summed E-state index contributed by atoms with van der Waals surface area (Å²) in [4.78, 5) is 28.6. The zero-order valence-corrected chi connectivity index (χ0v) is 28.4. The monoisotopic (exact) mass is 615 g/mol. The Morgan fingerprint density at radius 3 is 2.24 bits per heavy atom. The Balaban J connectivity index is 0.000000447. The van der Waals surface area contributed by atoms with Crippen LogP contribution in [-0.4, -0.2) is 101 Å². The molecule has 4 aliphatic rings. The minimum atomic E-state index is -1.50. The van der Waals surface area contributed by atoms with Gasteiger partial charge in [-0.05, 0) is 124 Å². The summed E-state index contributed by atoms with van der Waals surface area (Å²) in [5.74, 6) is 1.95. The van der Waals surface area contributed by atoms with E-state index in [2.05, 4.69) is 46.8 Å². The van der Waals surface area contributed by atoms with E-state index in [4.69, 9.17) is 10.2 Å². The maximum atomic E-state index is 13.0. The summed E-state index contributed by atoms with van der Waals surface area (Å²) in [6, 6.07) is 0. The molecule has 0 bridgehead atoms. The van der Waals surface area contributed by atoms with Crippen LogP contribution in [0.1, 0.15) is 105 Å². The van der Waals surface area contributed by atoms with Gasteiger partial charge in [0.05, 0.1) is 6.54 Å². The molecular weight excluding hydrogens is 555 g/mol. The van der Waals surface area contributed by atoms with Crippen LogP contribution in [-0.2, 0) is 9.59 Å². The molecule has 0 aromatic carbocycles. The lowest BCUT2D eigenvalue weighted by molar-refractivity contribution is -0.127. The van der Waals surface area contributed by atoms with Crippen molar-refractivity contribution in [3.05, 3.63) is 0 Å². The van der Waals surface area contributed by atoms with Gasteiger partial charge in [0.15, 0.2) is 5.79 Å². The van der Waals surface area contributed by atoms with Crippen LogP contribution in [0.5, 0.6) is 0 Å². The SMILES string of the molecule is CC(C)(O)O.CCC1C(CN2CCC(C)(NCC=O)CC2)CCC1C(=O)CCCCC1CCSS1.CN1CCCC1. The largest absolute Gasteiger partial charge is 0.366 e. The fraction of sp³-hybridized carbons (Fsp3) is 0.938. The Hall–Kier alpha value is -0.160. The summed E-state index contributed by atoms with van der Waals surface area (Å²) in [5.41, 5.74) is 0.103. The first kappa shape index (κ1) is 37.0. The molecule has 3 N–H and O–H groups in total. The van der Waals surface area contributed by atoms with E-state index in [0.717, 1.165) is 69.7 Å². The number of hydrogen-bond donors (Lipinski definition) is 3. The molecular formula is C32H61N3O4S2. The highest BCUT2D eigenvalue weighted by molar-refractivity contribution is 8.77. The molecule has 1 aliphatic carbocycles. The summed E-state index contributed by atoms with van der Waals surface area (Å²) >= 11 is 0. The van der Waals surface area contributed by atoms with Crippen molar-refractivity contribution in [2.24, 2.45) is 17.8 Å². The zero-order chi connectivity index (χ0) is 30.3. The van der Waals surface area contributed by atoms with E-state index in [1.165, 1.54) is 71.2 Å². The number of likely N-dealkylation sites (tertiary alicyclic amines) is 2. The number of carbonyl (C=O) groups is 2. The molecule has 0 aromatic rings. The molecule has 0 spiro atoms. The fourth-order valence-electron chi connectivity index (χ4n) is 6.72. The molecule has 4 fully saturated rings. The van der Waals surface area contributed by atoms with Crippen molar-refractivity contribution in [2.45, 2.75) is 121 Å². The first-order valence-corrected chi connectivity index (χ1v) is 18.7. The number of aliphatic hydroxyl groups is 2. The summed E-state index contributed by atoms with van der Waals surface area (Å²) < 4.78 is 0. The van der Waals surface area contributed by atoms with Crippen LogP contribution in [0, 0.1) is 17.8 Å². The lowest BCUT2D eigenvalue weighted by Crippen LogP contribution is -2.52. The van der Waals surface area contributed by atoms with Crippen molar-refractivity contribution >= 4 is 33.7 Å². The summed E-state index contributed by atoms with van der Waals surface area (Å²) in [7, 11) is 6.25. The average molecular weight is 616 g/mol. The number of piperidine rings is 1. The molecule has 4 unspecified atom stereocenters. The molecule has 4 atom stereocenters. The van der Waals surface area contributed by atoms with Crippen LogP contribution < -0.4 is 5.32 Å². The number of ketones is 1. The Bertz CT molecular complexity index is 725. The highest BCUT2D eigenvalue weighted by Crippen LogP contribution is 2.42. The first-order valence-electron chi connectivity index (χ1n) is 16.3. The summed E-state index contributed by atoms with van der Waals surface area (Å²) in [5, 5.41) is 20.4. The summed E-state index contributed by atoms with van der Waals surface area (Å²) in [6.45, 7) is 13.6. The maximum absolute atomic E-state index is 13.0. The normalized spacial score (nSPS) is 28.5. The van der Waals surface area contributed by atoms with Crippen molar-refractivity contribution in [3.63, 3.8) is 0 Å². The Kier molecular flexibility index (Phi) is 17.4. The molecule has 41 heavy (non-hydrogen) atoms. The van der Waals surface area contributed by atoms with Gasteiger partial charge in [-0.25, -0.2) is 0 Å². The van der Waals surface area contributed by atoms with Crippen molar-refractivity contribution in [1.82, 2.24) is 15.1 Å². The highest BCUT2D eigenvalue weighted by atomic mass is 33.1. The lowest BCUT2D eigenvalue weighted by atomic mass is 9.82. The predicted molar refractivity (Wildman–Crippen MR) is 175 cm³/mol. The second-order valence-electron chi connectivity index (χ2n) is 13.5. The van der Waals surface area contributed by atoms with Gasteiger partial charge in [-0.15, -0.1) is 0 Å². The van der Waals surface area contributed by atoms with Crippen molar-refractivity contribution < 1.29 is 19.8 Å². The number of nitrogens with one attached hydrogen (secondary N) is 1. The van der Waals surface area contributed by atoms with Crippen LogP contribution in [0.2, 0.25) is 0 Å². The Morgan fingerprint density at radius 2 is 1.73 bits per heavy atom. The van der Waals surface area contributed by atoms with Gasteiger partial charge < -0.3 is 30.1 Å². The maximum Gasteiger partial charge on any atom is 0.156 e. The Morgan fingerprint density at radius 1 is 1.07 bits per heavy atom. The molecule has 0 amide bonds. The molecule has 4 rings (SSSR count). The minimum absolute atomic E-state index is 0.103. The van der Waals surface area contributed by atoms with Gasteiger partial charge in [0, 0.05) is 35.4 Å². The van der Waals surface area contributed by atoms with Crippen LogP contribution in [0.25, 0.3) is 0 Å². The van der Waals surface area contributed by atoms with Gasteiger partial charge in [0.1, 0.15) is 12.1 Å². The third-order valence-electron chi connectivity index (χ3n) is 9.18. The van der Waals surface area contributed by atoms with Crippen LogP contribution in [0.4, 0.5) is 0 Å². The lowest BCUT2D eigenvalue weighted by Gasteiger charge is -2.41. The van der Waals surface area contributed by atoms with Gasteiger partial charge >= 0.3 is 0 Å². The van der Waals surface area contributed by atoms with Gasteiger partial charge in [-0.3, -0.25) is 4.79 Å². The van der Waals surface area contributed by atoms with Gasteiger partial charge in [-0.1, -0.05) is 41.4 Å². The van der Waals surface area contributed by atoms with Gasteiger partial charge in [0.25, 0.3) is 0 Å². The van der Waals surface area contributed by atoms with Crippen molar-refractivity contribution in [2.75, 3.05) is 52.1 Å². The number of nitrogens with zero attached hydrogens (tertiary/aromatic N) is 2. The first-order chi connectivity index (χ1) is 19.4. The molecule has 0 radical (unpaired) electrons. The van der Waals surface area contributed by atoms with E-state index in [-0.39, 0.29) is 5.54 Å². The van der Waals surface area contributed by atoms with Crippen molar-refractivity contribution in [1.29, 1.82) is 0 Å². The van der Waals surface area contributed by atoms with E-state index in [0.29, 0.717) is 30.1 Å². The summed E-state index contributed by atoms with van der Waals surface area (Å²) in [6.07, 6.45) is 15.3. The topological polar surface area (TPSA) is 93.1 Å². The highest BCUT2D eigenvalue weighted by Gasteiger charge is 2.40.